The van der Waals surface area contributed by atoms with E-state index in [0.717, 1.165) is 15.9 Å². The van der Waals surface area contributed by atoms with Gasteiger partial charge in [-0.15, -0.1) is 11.3 Å². The minimum Gasteiger partial charge on any atom is -0.459 e. The number of Topliss-reactive ketones (excluding diaryl/α,β-unsaturated/α-hetero) is 2. The fourth-order valence-electron chi connectivity index (χ4n) is 2.46. The lowest BCUT2D eigenvalue weighted by molar-refractivity contribution is -0.129. The average Bonchev–Trinajstić information content (AvgIpc) is 2.78. The van der Waals surface area contributed by atoms with Crippen molar-refractivity contribution >= 4 is 39.1 Å². The molecule has 128 valence electrons. The number of esters is 1. The van der Waals surface area contributed by atoms with Gasteiger partial charge in [0.15, 0.2) is 17.6 Å². The van der Waals surface area contributed by atoms with Crippen LogP contribution in [-0.4, -0.2) is 33.2 Å². The molecule has 0 saturated heterocycles. The molecular formula is C16H18N2O5S. The van der Waals surface area contributed by atoms with E-state index in [-0.39, 0.29) is 11.5 Å². The summed E-state index contributed by atoms with van der Waals surface area (Å²) in [4.78, 5) is 53.1. The van der Waals surface area contributed by atoms with Gasteiger partial charge in [0.2, 0.25) is 0 Å². The van der Waals surface area contributed by atoms with Gasteiger partial charge in [0.05, 0.1) is 11.5 Å². The normalized spacial score (nSPS) is 11.3. The van der Waals surface area contributed by atoms with Crippen molar-refractivity contribution in [3.63, 3.8) is 0 Å². The summed E-state index contributed by atoms with van der Waals surface area (Å²) in [5.74, 6) is -1.41. The van der Waals surface area contributed by atoms with Gasteiger partial charge in [0.25, 0.3) is 5.56 Å². The predicted octanol–water partition coefficient (Wildman–Crippen LogP) is 2.05. The number of hydrogen-bond acceptors (Lipinski definition) is 7. The summed E-state index contributed by atoms with van der Waals surface area (Å²) in [6.07, 6.45) is 0.887. The van der Waals surface area contributed by atoms with Crippen LogP contribution in [0.1, 0.15) is 49.0 Å². The first kappa shape index (κ1) is 18.0. The van der Waals surface area contributed by atoms with Gasteiger partial charge >= 0.3 is 5.97 Å². The Bertz CT molecular complexity index is 880. The van der Waals surface area contributed by atoms with E-state index in [1.807, 2.05) is 0 Å². The van der Waals surface area contributed by atoms with Gasteiger partial charge in [0.1, 0.15) is 16.0 Å². The molecule has 7 nitrogen and oxygen atoms in total. The number of nitrogens with zero attached hydrogens (tertiary/aromatic N) is 2. The van der Waals surface area contributed by atoms with E-state index in [9.17, 15) is 19.2 Å². The second-order valence-electron chi connectivity index (χ2n) is 5.77. The number of aromatic nitrogens is 2. The molecule has 0 aliphatic heterocycles. The highest BCUT2D eigenvalue weighted by Gasteiger charge is 2.26. The lowest BCUT2D eigenvalue weighted by Crippen LogP contribution is -2.33. The number of carbonyl (C=O) groups excluding carboxylic acids is 3. The lowest BCUT2D eigenvalue weighted by atomic mass is 10.1. The quantitative estimate of drug-likeness (QED) is 0.605. The minimum atomic E-state index is -1.21. The average molecular weight is 350 g/mol. The van der Waals surface area contributed by atoms with Gasteiger partial charge < -0.3 is 4.74 Å². The summed E-state index contributed by atoms with van der Waals surface area (Å²) in [6.45, 7) is 7.58. The van der Waals surface area contributed by atoms with Gasteiger partial charge in [-0.1, -0.05) is 0 Å². The van der Waals surface area contributed by atoms with Crippen LogP contribution in [0, 0.1) is 6.92 Å². The van der Waals surface area contributed by atoms with Crippen molar-refractivity contribution in [1.29, 1.82) is 0 Å². The molecule has 0 radical (unpaired) electrons. The Labute approximate surface area is 142 Å². The number of thiophene rings is 1. The molecule has 2 heterocycles. The molecule has 2 rings (SSSR count). The highest BCUT2D eigenvalue weighted by atomic mass is 32.1. The van der Waals surface area contributed by atoms with E-state index in [1.165, 1.54) is 20.2 Å². The summed E-state index contributed by atoms with van der Waals surface area (Å²) < 4.78 is 6.19. The van der Waals surface area contributed by atoms with E-state index in [2.05, 4.69) is 4.98 Å². The molecule has 0 unspecified atom stereocenters. The highest BCUT2D eigenvalue weighted by molar-refractivity contribution is 7.20. The fraction of sp³-hybridized carbons (Fsp3) is 0.438. The van der Waals surface area contributed by atoms with Crippen LogP contribution in [0.2, 0.25) is 0 Å². The van der Waals surface area contributed by atoms with Gasteiger partial charge in [-0.3, -0.25) is 19.0 Å². The zero-order chi connectivity index (χ0) is 18.2. The molecule has 8 heteroatoms. The highest BCUT2D eigenvalue weighted by Crippen LogP contribution is 2.28. The van der Waals surface area contributed by atoms with Crippen LogP contribution in [0.25, 0.3) is 10.2 Å². The van der Waals surface area contributed by atoms with E-state index in [0.29, 0.717) is 15.3 Å². The molecule has 0 atom stereocenters. The molecule has 0 fully saturated rings. The van der Waals surface area contributed by atoms with Crippen molar-refractivity contribution in [3.05, 3.63) is 27.1 Å². The van der Waals surface area contributed by atoms with E-state index >= 15 is 0 Å². The summed E-state index contributed by atoms with van der Waals surface area (Å²) in [5.41, 5.74) is -0.0777. The summed E-state index contributed by atoms with van der Waals surface area (Å²) in [5, 5.41) is 0.228. The number of rotatable bonds is 5. The van der Waals surface area contributed by atoms with Crippen molar-refractivity contribution in [2.75, 3.05) is 0 Å². The first-order valence-electron chi connectivity index (χ1n) is 7.37. The molecule has 24 heavy (non-hydrogen) atoms. The summed E-state index contributed by atoms with van der Waals surface area (Å²) in [6, 6.07) is -1.21. The monoisotopic (exact) mass is 350 g/mol. The Balaban J connectivity index is 2.67. The number of aryl methyl sites for hydroxylation is 1. The molecular weight excluding hydrogens is 332 g/mol. The maximum Gasteiger partial charge on any atom is 0.348 e. The van der Waals surface area contributed by atoms with Gasteiger partial charge in [-0.25, -0.2) is 9.78 Å². The molecule has 0 aliphatic rings. The summed E-state index contributed by atoms with van der Waals surface area (Å²) in [7, 11) is 0. The van der Waals surface area contributed by atoms with E-state index in [4.69, 9.17) is 4.74 Å². The zero-order valence-corrected chi connectivity index (χ0v) is 14.9. The van der Waals surface area contributed by atoms with Crippen molar-refractivity contribution < 1.29 is 19.1 Å². The molecule has 0 N–H and O–H groups in total. The third kappa shape index (κ3) is 3.14. The van der Waals surface area contributed by atoms with Crippen molar-refractivity contribution in [1.82, 2.24) is 9.55 Å². The third-order valence-electron chi connectivity index (χ3n) is 3.45. The van der Waals surface area contributed by atoms with Crippen molar-refractivity contribution in [2.45, 2.75) is 46.8 Å². The van der Waals surface area contributed by atoms with Crippen molar-refractivity contribution in [2.24, 2.45) is 0 Å². The molecule has 0 spiro atoms. The molecule has 0 aromatic carbocycles. The largest absolute Gasteiger partial charge is 0.459 e. The van der Waals surface area contributed by atoms with Crippen LogP contribution in [-0.2, 0) is 14.3 Å². The predicted molar refractivity (Wildman–Crippen MR) is 89.6 cm³/mol. The van der Waals surface area contributed by atoms with Gasteiger partial charge in [0, 0.05) is 0 Å². The van der Waals surface area contributed by atoms with Crippen LogP contribution < -0.4 is 5.56 Å². The van der Waals surface area contributed by atoms with Crippen molar-refractivity contribution in [3.8, 4) is 0 Å². The topological polar surface area (TPSA) is 95.3 Å². The van der Waals surface area contributed by atoms with Crippen LogP contribution in [0.15, 0.2) is 11.1 Å². The van der Waals surface area contributed by atoms with Gasteiger partial charge in [-0.05, 0) is 40.2 Å². The Morgan fingerprint density at radius 1 is 1.21 bits per heavy atom. The number of carbonyl (C=O) groups is 3. The molecule has 0 aliphatic carbocycles. The first-order chi connectivity index (χ1) is 11.1. The Kier molecular flexibility index (Phi) is 4.98. The molecule has 0 saturated carbocycles. The standard InChI is InChI=1S/C16H18N2O5S/c1-7(2)23-16(22)13-8(3)11-14(24-13)17-6-18(15(11)21)12(9(4)19)10(5)20/h6-7,12H,1-5H3. The minimum absolute atomic E-state index is 0.228. The number of hydrogen-bond donors (Lipinski definition) is 0. The zero-order valence-electron chi connectivity index (χ0n) is 14.1. The van der Waals surface area contributed by atoms with Gasteiger partial charge in [-0.2, -0.15) is 0 Å². The van der Waals surface area contributed by atoms with Crippen LogP contribution in [0.4, 0.5) is 0 Å². The van der Waals surface area contributed by atoms with E-state index < -0.39 is 29.1 Å². The van der Waals surface area contributed by atoms with Crippen LogP contribution in [0.3, 0.4) is 0 Å². The molecule has 0 amide bonds. The maximum atomic E-state index is 12.7. The van der Waals surface area contributed by atoms with E-state index in [1.54, 1.807) is 20.8 Å². The molecule has 2 aromatic heterocycles. The Morgan fingerprint density at radius 2 is 1.79 bits per heavy atom. The second-order valence-corrected chi connectivity index (χ2v) is 6.77. The van der Waals surface area contributed by atoms with Crippen LogP contribution >= 0.6 is 11.3 Å². The Morgan fingerprint density at radius 3 is 2.29 bits per heavy atom. The molecule has 2 aromatic rings. The summed E-state index contributed by atoms with van der Waals surface area (Å²) >= 11 is 1.06. The fourth-order valence-corrected chi connectivity index (χ4v) is 3.48. The first-order valence-corrected chi connectivity index (χ1v) is 8.18. The third-order valence-corrected chi connectivity index (χ3v) is 4.63. The number of ether oxygens (including phenoxy) is 1. The molecule has 0 bridgehead atoms. The second kappa shape index (κ2) is 6.64. The SMILES string of the molecule is CC(=O)C(C(C)=O)n1cnc2sc(C(=O)OC(C)C)c(C)c2c1=O. The Hall–Kier alpha value is -2.35. The maximum absolute atomic E-state index is 12.7. The number of ketones is 2. The number of fused-ring (bicyclic) bond motifs is 1. The smallest absolute Gasteiger partial charge is 0.348 e. The lowest BCUT2D eigenvalue weighted by Gasteiger charge is -2.13. The van der Waals surface area contributed by atoms with Crippen LogP contribution in [0.5, 0.6) is 0 Å².